The van der Waals surface area contributed by atoms with E-state index in [1.807, 2.05) is 0 Å². The highest BCUT2D eigenvalue weighted by Gasteiger charge is 2.36. The van der Waals surface area contributed by atoms with Crippen LogP contribution in [0.25, 0.3) is 0 Å². The zero-order chi connectivity index (χ0) is 18.8. The zero-order valence-corrected chi connectivity index (χ0v) is 15.2. The lowest BCUT2D eigenvalue weighted by molar-refractivity contribution is -0.385. The number of pyridine rings is 1. The highest BCUT2D eigenvalue weighted by atomic mass is 32.2. The third-order valence-electron chi connectivity index (χ3n) is 3.69. The number of piperidine rings is 1. The maximum Gasteiger partial charge on any atom is 0.410 e. The number of ether oxygens (including phenoxy) is 1. The van der Waals surface area contributed by atoms with Crippen molar-refractivity contribution in [1.29, 1.82) is 0 Å². The second kappa shape index (κ2) is 6.95. The van der Waals surface area contributed by atoms with E-state index in [9.17, 15) is 23.3 Å². The Hall–Kier alpha value is -2.23. The maximum absolute atomic E-state index is 12.7. The van der Waals surface area contributed by atoms with Crippen LogP contribution in [-0.4, -0.2) is 53.3 Å². The van der Waals surface area contributed by atoms with Gasteiger partial charge in [0, 0.05) is 19.2 Å². The fraction of sp³-hybridized carbons (Fsp3) is 0.600. The van der Waals surface area contributed by atoms with Crippen molar-refractivity contribution in [1.82, 2.24) is 9.88 Å². The molecular formula is C15H21N3O6S. The van der Waals surface area contributed by atoms with Crippen LogP contribution >= 0.6 is 0 Å². The van der Waals surface area contributed by atoms with E-state index in [0.29, 0.717) is 19.4 Å². The molecule has 10 heteroatoms. The van der Waals surface area contributed by atoms with Crippen molar-refractivity contribution in [3.8, 4) is 0 Å². The molecule has 1 atom stereocenters. The second-order valence-electron chi connectivity index (χ2n) is 6.85. The molecule has 0 N–H and O–H groups in total. The molecule has 1 aliphatic rings. The molecule has 1 fully saturated rings. The minimum atomic E-state index is -3.80. The first-order valence-corrected chi connectivity index (χ1v) is 9.37. The summed E-state index contributed by atoms with van der Waals surface area (Å²) in [6, 6.07) is 2.23. The van der Waals surface area contributed by atoms with Crippen molar-refractivity contribution in [3.05, 3.63) is 28.4 Å². The Morgan fingerprint density at radius 2 is 2.08 bits per heavy atom. The van der Waals surface area contributed by atoms with Gasteiger partial charge in [0.25, 0.3) is 5.69 Å². The summed E-state index contributed by atoms with van der Waals surface area (Å²) in [7, 11) is -3.80. The number of carbonyl (C=O) groups is 1. The second-order valence-corrected chi connectivity index (χ2v) is 9.02. The van der Waals surface area contributed by atoms with Gasteiger partial charge in [-0.2, -0.15) is 0 Å². The number of hydrogen-bond donors (Lipinski definition) is 0. The molecule has 25 heavy (non-hydrogen) atoms. The zero-order valence-electron chi connectivity index (χ0n) is 14.3. The molecule has 1 amide bonds. The Balaban J connectivity index is 2.16. The van der Waals surface area contributed by atoms with Crippen molar-refractivity contribution in [2.45, 2.75) is 49.5 Å². The lowest BCUT2D eigenvalue weighted by Crippen LogP contribution is -2.47. The molecule has 0 spiro atoms. The summed E-state index contributed by atoms with van der Waals surface area (Å²) < 4.78 is 30.7. The van der Waals surface area contributed by atoms with Crippen LogP contribution in [0.5, 0.6) is 0 Å². The van der Waals surface area contributed by atoms with Crippen LogP contribution in [0.2, 0.25) is 0 Å². The maximum atomic E-state index is 12.7. The Morgan fingerprint density at radius 3 is 2.60 bits per heavy atom. The van der Waals surface area contributed by atoms with Crippen molar-refractivity contribution < 1.29 is 22.9 Å². The predicted octanol–water partition coefficient (Wildman–Crippen LogP) is 2.16. The lowest BCUT2D eigenvalue weighted by atomic mass is 10.1. The molecule has 1 aliphatic heterocycles. The molecule has 0 bridgehead atoms. The Labute approximate surface area is 146 Å². The van der Waals surface area contributed by atoms with Crippen LogP contribution in [0.15, 0.2) is 23.4 Å². The van der Waals surface area contributed by atoms with E-state index in [1.54, 1.807) is 20.8 Å². The van der Waals surface area contributed by atoms with Crippen molar-refractivity contribution >= 4 is 21.6 Å². The van der Waals surface area contributed by atoms with Gasteiger partial charge in [0.05, 0.1) is 10.2 Å². The summed E-state index contributed by atoms with van der Waals surface area (Å²) in [5, 5.41) is 9.61. The van der Waals surface area contributed by atoms with E-state index >= 15 is 0 Å². The van der Waals surface area contributed by atoms with Gasteiger partial charge in [0.1, 0.15) is 11.8 Å². The van der Waals surface area contributed by atoms with Gasteiger partial charge in [-0.25, -0.2) is 18.2 Å². The van der Waals surface area contributed by atoms with Gasteiger partial charge < -0.3 is 9.64 Å². The number of aromatic nitrogens is 1. The predicted molar refractivity (Wildman–Crippen MR) is 88.9 cm³/mol. The quantitative estimate of drug-likeness (QED) is 0.590. The summed E-state index contributed by atoms with van der Waals surface area (Å²) >= 11 is 0. The Morgan fingerprint density at radius 1 is 1.40 bits per heavy atom. The molecule has 2 rings (SSSR count). The van der Waals surface area contributed by atoms with Crippen LogP contribution in [0.4, 0.5) is 10.5 Å². The lowest BCUT2D eigenvalue weighted by Gasteiger charge is -2.33. The number of nitro groups is 1. The van der Waals surface area contributed by atoms with Crippen molar-refractivity contribution in [2.24, 2.45) is 0 Å². The normalized spacial score (nSPS) is 18.7. The van der Waals surface area contributed by atoms with Gasteiger partial charge in [-0.15, -0.1) is 0 Å². The molecule has 1 saturated heterocycles. The third kappa shape index (κ3) is 4.65. The fourth-order valence-corrected chi connectivity index (χ4v) is 4.16. The number of likely N-dealkylation sites (tertiary alicyclic amines) is 1. The average molecular weight is 371 g/mol. The first-order valence-electron chi connectivity index (χ1n) is 7.83. The molecule has 138 valence electrons. The summed E-state index contributed by atoms with van der Waals surface area (Å²) in [6.07, 6.45) is 1.28. The van der Waals surface area contributed by atoms with E-state index in [0.717, 1.165) is 18.3 Å². The molecule has 9 nitrogen and oxygen atoms in total. The van der Waals surface area contributed by atoms with Gasteiger partial charge >= 0.3 is 6.09 Å². The van der Waals surface area contributed by atoms with E-state index in [4.69, 9.17) is 4.74 Å². The molecule has 0 aliphatic carbocycles. The first-order chi connectivity index (χ1) is 11.5. The molecule has 1 aromatic rings. The summed E-state index contributed by atoms with van der Waals surface area (Å²) in [5.41, 5.74) is -0.944. The molecule has 1 aromatic heterocycles. The minimum Gasteiger partial charge on any atom is -0.444 e. The fourth-order valence-electron chi connectivity index (χ4n) is 2.50. The van der Waals surface area contributed by atoms with Crippen molar-refractivity contribution in [2.75, 3.05) is 13.1 Å². The van der Waals surface area contributed by atoms with Crippen molar-refractivity contribution in [3.63, 3.8) is 0 Å². The van der Waals surface area contributed by atoms with Gasteiger partial charge in [-0.1, -0.05) is 0 Å². The highest BCUT2D eigenvalue weighted by Crippen LogP contribution is 2.25. The van der Waals surface area contributed by atoms with Gasteiger partial charge in [-0.05, 0) is 39.7 Å². The van der Waals surface area contributed by atoms with Crippen LogP contribution in [0.3, 0.4) is 0 Å². The van der Waals surface area contributed by atoms with Crippen LogP contribution in [-0.2, 0) is 14.6 Å². The monoisotopic (exact) mass is 371 g/mol. The molecule has 0 aromatic carbocycles. The standard InChI is InChI=1S/C15H21N3O6S/c1-15(2,3)24-14(19)17-8-4-5-12(10-17)25(22,23)13-7-6-11(9-16-13)18(20)21/h6-7,9,12H,4-5,8,10H2,1-3H3. The van der Waals surface area contributed by atoms with Crippen LogP contribution in [0.1, 0.15) is 33.6 Å². The Bertz CT molecular complexity index is 754. The summed E-state index contributed by atoms with van der Waals surface area (Å²) in [6.45, 7) is 5.65. The van der Waals surface area contributed by atoms with Gasteiger partial charge in [-0.3, -0.25) is 10.1 Å². The number of nitrogens with zero attached hydrogens (tertiary/aromatic N) is 3. The SMILES string of the molecule is CC(C)(C)OC(=O)N1CCCC(S(=O)(=O)c2ccc([N+](=O)[O-])cn2)C1. The van der Waals surface area contributed by atoms with Crippen LogP contribution in [0, 0.1) is 10.1 Å². The molecule has 1 unspecified atom stereocenters. The van der Waals surface area contributed by atoms with E-state index in [2.05, 4.69) is 4.98 Å². The smallest absolute Gasteiger partial charge is 0.410 e. The molecule has 2 heterocycles. The van der Waals surface area contributed by atoms with Gasteiger partial charge in [0.2, 0.25) is 0 Å². The number of rotatable bonds is 3. The third-order valence-corrected chi connectivity index (χ3v) is 5.78. The number of amides is 1. The number of hydrogen-bond acceptors (Lipinski definition) is 7. The average Bonchev–Trinajstić information content (AvgIpc) is 2.53. The largest absolute Gasteiger partial charge is 0.444 e. The molecule has 0 saturated carbocycles. The van der Waals surface area contributed by atoms with E-state index in [-0.39, 0.29) is 17.3 Å². The summed E-state index contributed by atoms with van der Waals surface area (Å²) in [5.74, 6) is 0. The summed E-state index contributed by atoms with van der Waals surface area (Å²) in [4.78, 5) is 27.3. The van der Waals surface area contributed by atoms with Gasteiger partial charge in [0.15, 0.2) is 14.9 Å². The highest BCUT2D eigenvalue weighted by molar-refractivity contribution is 7.92. The van der Waals surface area contributed by atoms with Crippen LogP contribution < -0.4 is 0 Å². The van der Waals surface area contributed by atoms with E-state index in [1.165, 1.54) is 4.90 Å². The minimum absolute atomic E-state index is 0.00984. The number of sulfone groups is 1. The van der Waals surface area contributed by atoms with E-state index < -0.39 is 31.7 Å². The Kier molecular flexibility index (Phi) is 5.31. The topological polar surface area (TPSA) is 120 Å². The first kappa shape index (κ1) is 19.1. The molecule has 0 radical (unpaired) electrons. The number of carbonyl (C=O) groups excluding carboxylic acids is 1. The molecular weight excluding hydrogens is 350 g/mol.